The van der Waals surface area contributed by atoms with Gasteiger partial charge >= 0.3 is 0 Å². The minimum Gasteiger partial charge on any atom is -0.504 e. The summed E-state index contributed by atoms with van der Waals surface area (Å²) in [6.45, 7) is -0.0267. The second-order valence-corrected chi connectivity index (χ2v) is 8.30. The predicted molar refractivity (Wildman–Crippen MR) is 99.6 cm³/mol. The molecule has 0 aliphatic carbocycles. The molecule has 0 fully saturated rings. The van der Waals surface area contributed by atoms with Crippen molar-refractivity contribution in [2.24, 2.45) is 0 Å². The smallest absolute Gasteiger partial charge is 0.274 e. The van der Waals surface area contributed by atoms with Crippen LogP contribution in [0.25, 0.3) is 10.9 Å². The van der Waals surface area contributed by atoms with Crippen LogP contribution in [0.15, 0.2) is 52.1 Å². The Bertz CT molecular complexity index is 1120. The third-order valence-corrected chi connectivity index (χ3v) is 5.52. The first-order chi connectivity index (χ1) is 12.3. The van der Waals surface area contributed by atoms with E-state index < -0.39 is 15.7 Å². The van der Waals surface area contributed by atoms with Crippen LogP contribution < -0.4 is 5.32 Å². The number of benzene rings is 1. The molecule has 0 radical (unpaired) electrons. The van der Waals surface area contributed by atoms with E-state index in [-0.39, 0.29) is 28.4 Å². The van der Waals surface area contributed by atoms with Gasteiger partial charge in [-0.05, 0) is 39.7 Å². The van der Waals surface area contributed by atoms with Crippen molar-refractivity contribution < 1.29 is 18.3 Å². The molecule has 7 nitrogen and oxygen atoms in total. The van der Waals surface area contributed by atoms with Crippen LogP contribution in [0, 0.1) is 0 Å². The second kappa shape index (κ2) is 7.00. The minimum absolute atomic E-state index is 0.0267. The largest absolute Gasteiger partial charge is 0.504 e. The normalized spacial score (nSPS) is 11.5. The van der Waals surface area contributed by atoms with Crippen molar-refractivity contribution in [2.45, 2.75) is 11.4 Å². The van der Waals surface area contributed by atoms with Crippen LogP contribution in [0.4, 0.5) is 0 Å². The summed E-state index contributed by atoms with van der Waals surface area (Å²) in [5, 5.41) is 13.5. The lowest BCUT2D eigenvalue weighted by Crippen LogP contribution is -2.25. The zero-order valence-corrected chi connectivity index (χ0v) is 16.0. The third-order valence-electron chi connectivity index (χ3n) is 3.72. The van der Waals surface area contributed by atoms with Gasteiger partial charge in [0.15, 0.2) is 21.3 Å². The fraction of sp³-hybridized carbons (Fsp3) is 0.118. The Balaban J connectivity index is 1.91. The van der Waals surface area contributed by atoms with E-state index in [4.69, 9.17) is 0 Å². The lowest BCUT2D eigenvalue weighted by Gasteiger charge is -2.11. The summed E-state index contributed by atoms with van der Waals surface area (Å²) >= 11 is 3.26. The molecule has 2 heterocycles. The highest BCUT2D eigenvalue weighted by Crippen LogP contribution is 2.30. The number of sulfone groups is 1. The molecule has 0 aliphatic heterocycles. The number of nitrogens with one attached hydrogen (secondary N) is 1. The topological polar surface area (TPSA) is 109 Å². The highest BCUT2D eigenvalue weighted by atomic mass is 79.9. The molecule has 1 aromatic carbocycles. The van der Waals surface area contributed by atoms with E-state index in [1.807, 2.05) is 0 Å². The molecule has 0 bridgehead atoms. The van der Waals surface area contributed by atoms with Crippen molar-refractivity contribution in [1.82, 2.24) is 15.3 Å². The van der Waals surface area contributed by atoms with Crippen LogP contribution in [-0.4, -0.2) is 35.7 Å². The number of carbonyl (C=O) groups excluding carboxylic acids is 1. The van der Waals surface area contributed by atoms with Gasteiger partial charge in [-0.25, -0.2) is 13.4 Å². The number of amides is 1. The molecule has 0 aliphatic rings. The van der Waals surface area contributed by atoms with Crippen LogP contribution in [0.3, 0.4) is 0 Å². The Kier molecular flexibility index (Phi) is 4.92. The fourth-order valence-corrected chi connectivity index (χ4v) is 3.95. The number of carbonyl (C=O) groups is 1. The van der Waals surface area contributed by atoms with Crippen molar-refractivity contribution in [1.29, 1.82) is 0 Å². The Labute approximate surface area is 158 Å². The van der Waals surface area contributed by atoms with Gasteiger partial charge in [0.25, 0.3) is 5.91 Å². The predicted octanol–water partition coefficient (Wildman–Crippen LogP) is 2.43. The number of aromatic hydroxyl groups is 1. The fourth-order valence-electron chi connectivity index (χ4n) is 2.51. The number of hydrogen-bond acceptors (Lipinski definition) is 6. The molecule has 0 saturated heterocycles. The van der Waals surface area contributed by atoms with Crippen molar-refractivity contribution in [3.8, 4) is 5.75 Å². The van der Waals surface area contributed by atoms with Gasteiger partial charge in [-0.15, -0.1) is 0 Å². The summed E-state index contributed by atoms with van der Waals surface area (Å²) in [5.41, 5.74) is 0.497. The van der Waals surface area contributed by atoms with Crippen LogP contribution >= 0.6 is 15.9 Å². The average Bonchev–Trinajstić information content (AvgIpc) is 2.62. The van der Waals surface area contributed by atoms with E-state index in [1.165, 1.54) is 12.3 Å². The quantitative estimate of drug-likeness (QED) is 0.609. The zero-order chi connectivity index (χ0) is 18.9. The third kappa shape index (κ3) is 3.54. The molecule has 2 aromatic heterocycles. The van der Waals surface area contributed by atoms with Crippen molar-refractivity contribution in [3.05, 3.63) is 58.5 Å². The molecule has 0 atom stereocenters. The molecule has 1 amide bonds. The maximum absolute atomic E-state index is 12.5. The lowest BCUT2D eigenvalue weighted by atomic mass is 10.2. The summed E-state index contributed by atoms with van der Waals surface area (Å²) in [6.07, 6.45) is 2.60. The minimum atomic E-state index is -3.42. The number of pyridine rings is 2. The summed E-state index contributed by atoms with van der Waals surface area (Å²) in [7, 11) is -3.42. The van der Waals surface area contributed by atoms with Gasteiger partial charge in [0.1, 0.15) is 10.1 Å². The van der Waals surface area contributed by atoms with Gasteiger partial charge in [0, 0.05) is 24.4 Å². The average molecular weight is 436 g/mol. The Morgan fingerprint density at radius 3 is 2.69 bits per heavy atom. The van der Waals surface area contributed by atoms with Gasteiger partial charge in [-0.2, -0.15) is 0 Å². The highest BCUT2D eigenvalue weighted by molar-refractivity contribution is 9.10. The van der Waals surface area contributed by atoms with Crippen LogP contribution in [0.2, 0.25) is 0 Å². The van der Waals surface area contributed by atoms with Gasteiger partial charge in [-0.1, -0.05) is 18.2 Å². The van der Waals surface area contributed by atoms with Crippen molar-refractivity contribution in [2.75, 3.05) is 6.26 Å². The number of halogens is 1. The van der Waals surface area contributed by atoms with Crippen LogP contribution in [0.1, 0.15) is 16.1 Å². The molecule has 2 N–H and O–H groups in total. The standard InChI is InChI=1S/C17H14BrN3O4S/c1-26(24,25)12-7-3-2-5-10(12)9-20-17(23)14-15(22)13-11(16(18)21-14)6-4-8-19-13/h2-8,22H,9H2,1H3,(H,20,23). The summed E-state index contributed by atoms with van der Waals surface area (Å²) in [4.78, 5) is 20.8. The number of hydrogen-bond donors (Lipinski definition) is 2. The molecule has 0 saturated carbocycles. The molecular formula is C17H14BrN3O4S. The van der Waals surface area contributed by atoms with Gasteiger partial charge in [0.05, 0.1) is 4.90 Å². The Morgan fingerprint density at radius 1 is 1.23 bits per heavy atom. The monoisotopic (exact) mass is 435 g/mol. The molecular weight excluding hydrogens is 422 g/mol. The van der Waals surface area contributed by atoms with Gasteiger partial charge in [0.2, 0.25) is 0 Å². The Hall–Kier alpha value is -2.52. The molecule has 26 heavy (non-hydrogen) atoms. The molecule has 0 unspecified atom stereocenters. The molecule has 3 rings (SSSR count). The van der Waals surface area contributed by atoms with Crippen molar-refractivity contribution in [3.63, 3.8) is 0 Å². The first-order valence-corrected chi connectivity index (χ1v) is 10.2. The first kappa shape index (κ1) is 18.3. The molecule has 3 aromatic rings. The zero-order valence-electron chi connectivity index (χ0n) is 13.6. The maximum Gasteiger partial charge on any atom is 0.274 e. The first-order valence-electron chi connectivity index (χ1n) is 7.48. The van der Waals surface area contributed by atoms with Crippen LogP contribution in [-0.2, 0) is 16.4 Å². The van der Waals surface area contributed by atoms with E-state index in [1.54, 1.807) is 30.3 Å². The number of fused-ring (bicyclic) bond motifs is 1. The van der Waals surface area contributed by atoms with Crippen LogP contribution in [0.5, 0.6) is 5.75 Å². The second-order valence-electron chi connectivity index (χ2n) is 5.56. The number of rotatable bonds is 4. The Morgan fingerprint density at radius 2 is 1.96 bits per heavy atom. The number of aromatic nitrogens is 2. The number of nitrogens with zero attached hydrogens (tertiary/aromatic N) is 2. The van der Waals surface area contributed by atoms with E-state index >= 15 is 0 Å². The van der Waals surface area contributed by atoms with Gasteiger partial charge in [-0.3, -0.25) is 9.78 Å². The van der Waals surface area contributed by atoms with E-state index in [9.17, 15) is 18.3 Å². The van der Waals surface area contributed by atoms with E-state index in [0.717, 1.165) is 6.26 Å². The maximum atomic E-state index is 12.5. The SMILES string of the molecule is CS(=O)(=O)c1ccccc1CNC(=O)c1nc(Br)c2cccnc2c1O. The molecule has 134 valence electrons. The molecule has 9 heteroatoms. The summed E-state index contributed by atoms with van der Waals surface area (Å²) in [6, 6.07) is 9.79. The summed E-state index contributed by atoms with van der Waals surface area (Å²) in [5.74, 6) is -0.975. The van der Waals surface area contributed by atoms with Crippen molar-refractivity contribution >= 4 is 42.6 Å². The lowest BCUT2D eigenvalue weighted by molar-refractivity contribution is 0.0942. The molecule has 0 spiro atoms. The van der Waals surface area contributed by atoms with E-state index in [0.29, 0.717) is 15.6 Å². The van der Waals surface area contributed by atoms with Gasteiger partial charge < -0.3 is 10.4 Å². The highest BCUT2D eigenvalue weighted by Gasteiger charge is 2.20. The van der Waals surface area contributed by atoms with E-state index in [2.05, 4.69) is 31.2 Å². The summed E-state index contributed by atoms with van der Waals surface area (Å²) < 4.78 is 24.0.